The molecule has 0 saturated heterocycles. The van der Waals surface area contributed by atoms with Crippen LogP contribution in [0.5, 0.6) is 0 Å². The smallest absolute Gasteiger partial charge is 0.178 e. The third-order valence-corrected chi connectivity index (χ3v) is 4.74. The molecule has 25 heavy (non-hydrogen) atoms. The molecule has 0 atom stereocenters. The van der Waals surface area contributed by atoms with Crippen molar-refractivity contribution in [3.63, 3.8) is 0 Å². The number of nitrogens with zero attached hydrogens (tertiary/aromatic N) is 1. The van der Waals surface area contributed by atoms with E-state index in [0.717, 1.165) is 22.0 Å². The maximum Gasteiger partial charge on any atom is 0.178 e. The quantitative estimate of drug-likeness (QED) is 0.565. The van der Waals surface area contributed by atoms with Crippen LogP contribution in [-0.2, 0) is 6.54 Å². The molecule has 2 nitrogen and oxygen atoms in total. The van der Waals surface area contributed by atoms with Gasteiger partial charge in [0.25, 0.3) is 0 Å². The van der Waals surface area contributed by atoms with Crippen molar-refractivity contribution in [3.8, 4) is 0 Å². The van der Waals surface area contributed by atoms with Gasteiger partial charge in [-0.25, -0.2) is 0 Å². The Kier molecular flexibility index (Phi) is 5.69. The molecule has 0 unspecified atom stereocenters. The lowest BCUT2D eigenvalue weighted by Gasteiger charge is -2.27. The van der Waals surface area contributed by atoms with Crippen molar-refractivity contribution in [2.45, 2.75) is 13.5 Å². The van der Waals surface area contributed by atoms with E-state index in [4.69, 9.17) is 23.8 Å². The summed E-state index contributed by atoms with van der Waals surface area (Å²) in [5.74, 6) is 0. The standard InChI is InChI=1S/C21H19ClN2S/c1-16-19(22)13-8-14-20(16)23-21(25)24(18-11-6-3-7-12-18)15-17-9-4-2-5-10-17/h2-14H,15H2,1H3,(H,23,25). The largest absolute Gasteiger partial charge is 0.332 e. The number of para-hydroxylation sites is 1. The predicted octanol–water partition coefficient (Wildman–Crippen LogP) is 6.05. The summed E-state index contributed by atoms with van der Waals surface area (Å²) in [7, 11) is 0. The van der Waals surface area contributed by atoms with Gasteiger partial charge < -0.3 is 10.2 Å². The molecule has 0 fully saturated rings. The van der Waals surface area contributed by atoms with Crippen LogP contribution in [0.15, 0.2) is 78.9 Å². The van der Waals surface area contributed by atoms with Gasteiger partial charge in [0.15, 0.2) is 5.11 Å². The third kappa shape index (κ3) is 4.38. The van der Waals surface area contributed by atoms with Gasteiger partial charge in [0, 0.05) is 16.4 Å². The number of benzene rings is 3. The molecule has 126 valence electrons. The molecule has 0 amide bonds. The first-order valence-corrected chi connectivity index (χ1v) is 8.86. The van der Waals surface area contributed by atoms with Crippen LogP contribution in [0, 0.1) is 6.92 Å². The predicted molar refractivity (Wildman–Crippen MR) is 111 cm³/mol. The molecule has 3 rings (SSSR count). The van der Waals surface area contributed by atoms with E-state index in [1.807, 2.05) is 61.5 Å². The Balaban J connectivity index is 1.88. The summed E-state index contributed by atoms with van der Waals surface area (Å²) in [5, 5.41) is 4.71. The molecule has 1 N–H and O–H groups in total. The minimum Gasteiger partial charge on any atom is -0.332 e. The van der Waals surface area contributed by atoms with Gasteiger partial charge in [-0.3, -0.25) is 0 Å². The van der Waals surface area contributed by atoms with Crippen LogP contribution in [0.3, 0.4) is 0 Å². The molecule has 0 aliphatic rings. The summed E-state index contributed by atoms with van der Waals surface area (Å²) in [6.45, 7) is 2.67. The maximum absolute atomic E-state index is 6.23. The first kappa shape index (κ1) is 17.5. The highest BCUT2D eigenvalue weighted by molar-refractivity contribution is 7.80. The number of rotatable bonds is 4. The zero-order chi connectivity index (χ0) is 17.6. The minimum absolute atomic E-state index is 0.639. The van der Waals surface area contributed by atoms with Gasteiger partial charge >= 0.3 is 0 Å². The number of hydrogen-bond acceptors (Lipinski definition) is 1. The van der Waals surface area contributed by atoms with Crippen LogP contribution < -0.4 is 10.2 Å². The van der Waals surface area contributed by atoms with Gasteiger partial charge in [-0.1, -0.05) is 66.2 Å². The van der Waals surface area contributed by atoms with Gasteiger partial charge in [-0.15, -0.1) is 0 Å². The zero-order valence-electron chi connectivity index (χ0n) is 13.9. The van der Waals surface area contributed by atoms with Crippen molar-refractivity contribution >= 4 is 40.3 Å². The van der Waals surface area contributed by atoms with Crippen molar-refractivity contribution in [3.05, 3.63) is 95.0 Å². The van der Waals surface area contributed by atoms with Crippen LogP contribution in [0.4, 0.5) is 11.4 Å². The first-order valence-electron chi connectivity index (χ1n) is 8.08. The van der Waals surface area contributed by atoms with E-state index in [-0.39, 0.29) is 0 Å². The topological polar surface area (TPSA) is 15.3 Å². The summed E-state index contributed by atoms with van der Waals surface area (Å²) in [6, 6.07) is 26.2. The van der Waals surface area contributed by atoms with E-state index in [1.54, 1.807) is 0 Å². The molecule has 3 aromatic rings. The fourth-order valence-corrected chi connectivity index (χ4v) is 3.03. The minimum atomic E-state index is 0.639. The second-order valence-corrected chi connectivity index (χ2v) is 6.54. The number of thiocarbonyl (C=S) groups is 1. The highest BCUT2D eigenvalue weighted by atomic mass is 35.5. The lowest BCUT2D eigenvalue weighted by atomic mass is 10.2. The van der Waals surface area contributed by atoms with Crippen LogP contribution in [-0.4, -0.2) is 5.11 Å². The van der Waals surface area contributed by atoms with E-state index in [1.165, 1.54) is 5.56 Å². The summed E-state index contributed by atoms with van der Waals surface area (Å²) in [4.78, 5) is 2.09. The second kappa shape index (κ2) is 8.15. The molecule has 0 aliphatic carbocycles. The first-order chi connectivity index (χ1) is 12.1. The molecule has 0 radical (unpaired) electrons. The van der Waals surface area contributed by atoms with Gasteiger partial charge in [0.2, 0.25) is 0 Å². The highest BCUT2D eigenvalue weighted by Gasteiger charge is 2.14. The lowest BCUT2D eigenvalue weighted by molar-refractivity contribution is 1.01. The van der Waals surface area contributed by atoms with Gasteiger partial charge in [0.05, 0.1) is 6.54 Å². The molecule has 4 heteroatoms. The van der Waals surface area contributed by atoms with E-state index in [9.17, 15) is 0 Å². The molecule has 0 aliphatic heterocycles. The van der Waals surface area contributed by atoms with Crippen LogP contribution >= 0.6 is 23.8 Å². The van der Waals surface area contributed by atoms with Gasteiger partial charge in [-0.05, 0) is 54.5 Å². The number of hydrogen-bond donors (Lipinski definition) is 1. The third-order valence-electron chi connectivity index (χ3n) is 4.01. The Morgan fingerprint density at radius 3 is 2.24 bits per heavy atom. The van der Waals surface area contributed by atoms with Crippen molar-refractivity contribution in [1.29, 1.82) is 0 Å². The molecule has 0 heterocycles. The van der Waals surface area contributed by atoms with Gasteiger partial charge in [-0.2, -0.15) is 0 Å². The van der Waals surface area contributed by atoms with E-state index >= 15 is 0 Å². The Morgan fingerprint density at radius 2 is 1.56 bits per heavy atom. The molecule has 0 saturated carbocycles. The van der Waals surface area contributed by atoms with Crippen LogP contribution in [0.25, 0.3) is 0 Å². The fraction of sp³-hybridized carbons (Fsp3) is 0.0952. The second-order valence-electron chi connectivity index (χ2n) is 5.75. The van der Waals surface area contributed by atoms with Crippen molar-refractivity contribution < 1.29 is 0 Å². The molecular formula is C21H19ClN2S. The Labute approximate surface area is 159 Å². The summed E-state index contributed by atoms with van der Waals surface area (Å²) < 4.78 is 0. The van der Waals surface area contributed by atoms with E-state index < -0.39 is 0 Å². The van der Waals surface area contributed by atoms with Crippen molar-refractivity contribution in [2.75, 3.05) is 10.2 Å². The van der Waals surface area contributed by atoms with Crippen molar-refractivity contribution in [1.82, 2.24) is 0 Å². The van der Waals surface area contributed by atoms with E-state index in [2.05, 4.69) is 34.5 Å². The Hall–Kier alpha value is -2.36. The fourth-order valence-electron chi connectivity index (χ4n) is 2.58. The number of nitrogens with one attached hydrogen (secondary N) is 1. The molecule has 0 bridgehead atoms. The summed E-state index contributed by atoms with van der Waals surface area (Å²) in [5.41, 5.74) is 4.15. The normalized spacial score (nSPS) is 10.3. The summed E-state index contributed by atoms with van der Waals surface area (Å²) >= 11 is 11.9. The van der Waals surface area contributed by atoms with Crippen molar-refractivity contribution in [2.24, 2.45) is 0 Å². The summed E-state index contributed by atoms with van der Waals surface area (Å²) in [6.07, 6.45) is 0. The van der Waals surface area contributed by atoms with Gasteiger partial charge in [0.1, 0.15) is 0 Å². The van der Waals surface area contributed by atoms with E-state index in [0.29, 0.717) is 11.7 Å². The monoisotopic (exact) mass is 366 g/mol. The van der Waals surface area contributed by atoms with Crippen LogP contribution in [0.2, 0.25) is 5.02 Å². The molecular weight excluding hydrogens is 348 g/mol. The highest BCUT2D eigenvalue weighted by Crippen LogP contribution is 2.25. The Morgan fingerprint density at radius 1 is 0.920 bits per heavy atom. The molecule has 0 aromatic heterocycles. The molecule has 0 spiro atoms. The number of anilines is 2. The molecule has 3 aromatic carbocycles. The Bertz CT molecular complexity index is 850. The average Bonchev–Trinajstić information content (AvgIpc) is 2.65. The number of halogens is 1. The lowest BCUT2D eigenvalue weighted by Crippen LogP contribution is -2.34. The SMILES string of the molecule is Cc1c(Cl)cccc1NC(=S)N(Cc1ccccc1)c1ccccc1. The zero-order valence-corrected chi connectivity index (χ0v) is 15.5. The maximum atomic E-state index is 6.23. The average molecular weight is 367 g/mol. The van der Waals surface area contributed by atoms with Crippen LogP contribution in [0.1, 0.15) is 11.1 Å².